The second-order valence-electron chi connectivity index (χ2n) is 7.75. The first-order valence-corrected chi connectivity index (χ1v) is 10.5. The molecule has 28 heavy (non-hydrogen) atoms. The molecule has 3 rings (SSSR count). The Morgan fingerprint density at radius 1 is 0.964 bits per heavy atom. The maximum Gasteiger partial charge on any atom is 0.201 e. The molecule has 0 saturated heterocycles. The summed E-state index contributed by atoms with van der Waals surface area (Å²) in [6.45, 7) is 4.33. The van der Waals surface area contributed by atoms with Crippen molar-refractivity contribution in [3.63, 3.8) is 0 Å². The van der Waals surface area contributed by atoms with Crippen LogP contribution in [0.25, 0.3) is 11.1 Å². The van der Waals surface area contributed by atoms with E-state index in [9.17, 15) is 8.78 Å². The van der Waals surface area contributed by atoms with E-state index in [0.29, 0.717) is 11.5 Å². The molecule has 0 atom stereocenters. The van der Waals surface area contributed by atoms with Gasteiger partial charge in [0.2, 0.25) is 5.82 Å². The van der Waals surface area contributed by atoms with Crippen LogP contribution in [0.15, 0.2) is 48.6 Å². The molecule has 0 bridgehead atoms. The predicted octanol–water partition coefficient (Wildman–Crippen LogP) is 7.66. The quantitative estimate of drug-likeness (QED) is 0.445. The summed E-state index contributed by atoms with van der Waals surface area (Å²) in [5.74, 6) is -0.372. The molecule has 1 fully saturated rings. The van der Waals surface area contributed by atoms with Gasteiger partial charge in [-0.1, -0.05) is 56.2 Å². The molecule has 0 radical (unpaired) electrons. The number of ether oxygens (including phenoxy) is 1. The van der Waals surface area contributed by atoms with Gasteiger partial charge in [-0.2, -0.15) is 4.39 Å². The van der Waals surface area contributed by atoms with E-state index >= 15 is 0 Å². The molecular formula is C25H30F2O. The molecule has 2 aromatic rings. The molecule has 3 heteroatoms. The first-order valence-electron chi connectivity index (χ1n) is 10.5. The summed E-state index contributed by atoms with van der Waals surface area (Å²) in [5, 5.41) is 0. The lowest BCUT2D eigenvalue weighted by atomic mass is 9.77. The van der Waals surface area contributed by atoms with Gasteiger partial charge in [0.15, 0.2) is 11.6 Å². The van der Waals surface area contributed by atoms with E-state index in [1.807, 2.05) is 19.1 Å². The fraction of sp³-hybridized carbons (Fsp3) is 0.440. The van der Waals surface area contributed by atoms with E-state index < -0.39 is 11.6 Å². The van der Waals surface area contributed by atoms with Gasteiger partial charge in [0, 0.05) is 5.56 Å². The minimum absolute atomic E-state index is 0.0557. The number of halogens is 2. The molecule has 0 N–H and O–H groups in total. The second-order valence-corrected chi connectivity index (χ2v) is 7.75. The molecule has 0 aromatic heterocycles. The fourth-order valence-electron chi connectivity index (χ4n) is 4.23. The molecule has 2 aromatic carbocycles. The third-order valence-electron chi connectivity index (χ3n) is 5.85. The topological polar surface area (TPSA) is 9.23 Å². The Kier molecular flexibility index (Phi) is 7.24. The van der Waals surface area contributed by atoms with E-state index in [1.54, 1.807) is 18.2 Å². The van der Waals surface area contributed by atoms with Gasteiger partial charge in [0.05, 0.1) is 0 Å². The van der Waals surface area contributed by atoms with Gasteiger partial charge in [0.25, 0.3) is 0 Å². The highest BCUT2D eigenvalue weighted by Gasteiger charge is 2.22. The molecule has 150 valence electrons. The van der Waals surface area contributed by atoms with Crippen molar-refractivity contribution in [2.45, 2.75) is 58.3 Å². The third-order valence-corrected chi connectivity index (χ3v) is 5.85. The van der Waals surface area contributed by atoms with Gasteiger partial charge in [0.1, 0.15) is 6.61 Å². The SMILES string of the molecule is C/C=C/COc1ccc(-c2ccc(C3CCC(CCC)CC3)cc2)c(F)c1F. The van der Waals surface area contributed by atoms with E-state index in [4.69, 9.17) is 4.74 Å². The summed E-state index contributed by atoms with van der Waals surface area (Å²) in [6.07, 6.45) is 11.2. The van der Waals surface area contributed by atoms with Crippen molar-refractivity contribution in [3.05, 3.63) is 65.7 Å². The molecule has 0 amide bonds. The fourth-order valence-corrected chi connectivity index (χ4v) is 4.23. The van der Waals surface area contributed by atoms with Crippen LogP contribution in [0.1, 0.15) is 63.9 Å². The highest BCUT2D eigenvalue weighted by Crippen LogP contribution is 2.38. The predicted molar refractivity (Wildman–Crippen MR) is 112 cm³/mol. The molecular weight excluding hydrogens is 354 g/mol. The van der Waals surface area contributed by atoms with Crippen molar-refractivity contribution in [1.29, 1.82) is 0 Å². The first kappa shape index (κ1) is 20.6. The minimum atomic E-state index is -0.930. The van der Waals surface area contributed by atoms with Crippen molar-refractivity contribution in [1.82, 2.24) is 0 Å². The molecule has 0 heterocycles. The van der Waals surface area contributed by atoms with Crippen molar-refractivity contribution >= 4 is 0 Å². The Bertz CT molecular complexity index is 787. The maximum absolute atomic E-state index is 14.6. The van der Waals surface area contributed by atoms with Crippen LogP contribution in [0.2, 0.25) is 0 Å². The summed E-state index contributed by atoms with van der Waals surface area (Å²) < 4.78 is 34.1. The largest absolute Gasteiger partial charge is 0.486 e. The summed E-state index contributed by atoms with van der Waals surface area (Å²) in [5.41, 5.74) is 2.28. The summed E-state index contributed by atoms with van der Waals surface area (Å²) in [6, 6.07) is 11.1. The van der Waals surface area contributed by atoms with Crippen molar-refractivity contribution in [2.24, 2.45) is 5.92 Å². The normalized spacial score (nSPS) is 19.9. The number of benzene rings is 2. The molecule has 1 aliphatic carbocycles. The summed E-state index contributed by atoms with van der Waals surface area (Å²) in [7, 11) is 0. The third kappa shape index (κ3) is 4.81. The lowest BCUT2D eigenvalue weighted by molar-refractivity contribution is 0.308. The van der Waals surface area contributed by atoms with Gasteiger partial charge in [-0.25, -0.2) is 4.39 Å². The van der Waals surface area contributed by atoms with Crippen LogP contribution in [0.4, 0.5) is 8.78 Å². The highest BCUT2D eigenvalue weighted by atomic mass is 19.2. The van der Waals surface area contributed by atoms with Crippen molar-refractivity contribution < 1.29 is 13.5 Å². The molecule has 1 aliphatic rings. The van der Waals surface area contributed by atoms with Crippen LogP contribution in [0, 0.1) is 17.6 Å². The van der Waals surface area contributed by atoms with Gasteiger partial charge in [-0.3, -0.25) is 0 Å². The van der Waals surface area contributed by atoms with Crippen molar-refractivity contribution in [2.75, 3.05) is 6.61 Å². The highest BCUT2D eigenvalue weighted by molar-refractivity contribution is 5.65. The van der Waals surface area contributed by atoms with Gasteiger partial charge < -0.3 is 4.74 Å². The second kappa shape index (κ2) is 9.86. The smallest absolute Gasteiger partial charge is 0.201 e. The zero-order chi connectivity index (χ0) is 19.9. The Labute approximate surface area is 167 Å². The average molecular weight is 385 g/mol. The lowest BCUT2D eigenvalue weighted by Crippen LogP contribution is -2.13. The van der Waals surface area contributed by atoms with Gasteiger partial charge in [-0.05, 0) is 67.7 Å². The monoisotopic (exact) mass is 384 g/mol. The maximum atomic E-state index is 14.6. The number of hydrogen-bond acceptors (Lipinski definition) is 1. The van der Waals surface area contributed by atoms with Crippen LogP contribution in [0.3, 0.4) is 0 Å². The Hall–Kier alpha value is -2.16. The lowest BCUT2D eigenvalue weighted by Gasteiger charge is -2.28. The zero-order valence-electron chi connectivity index (χ0n) is 16.9. The molecule has 0 unspecified atom stereocenters. The average Bonchev–Trinajstić information content (AvgIpc) is 2.72. The van der Waals surface area contributed by atoms with E-state index in [-0.39, 0.29) is 17.9 Å². The van der Waals surface area contributed by atoms with Crippen LogP contribution < -0.4 is 4.74 Å². The Balaban J connectivity index is 1.70. The molecule has 0 spiro atoms. The van der Waals surface area contributed by atoms with E-state index in [2.05, 4.69) is 19.1 Å². The first-order chi connectivity index (χ1) is 13.6. The van der Waals surface area contributed by atoms with Gasteiger partial charge in [-0.15, -0.1) is 0 Å². The standard InChI is InChI=1S/C25H30F2O/c1-3-5-17-28-23-16-15-22(24(26)25(23)27)21-13-11-20(12-14-21)19-9-7-18(6-4-2)8-10-19/h3,5,11-16,18-19H,4,6-10,17H2,1-2H3/b5-3+. The van der Waals surface area contributed by atoms with Crippen LogP contribution in [-0.4, -0.2) is 6.61 Å². The Morgan fingerprint density at radius 3 is 2.32 bits per heavy atom. The van der Waals surface area contributed by atoms with Crippen molar-refractivity contribution in [3.8, 4) is 16.9 Å². The van der Waals surface area contributed by atoms with Crippen LogP contribution in [-0.2, 0) is 0 Å². The Morgan fingerprint density at radius 2 is 1.68 bits per heavy atom. The zero-order valence-corrected chi connectivity index (χ0v) is 16.9. The van der Waals surface area contributed by atoms with E-state index in [0.717, 1.165) is 5.92 Å². The number of rotatable bonds is 7. The summed E-state index contributed by atoms with van der Waals surface area (Å²) >= 11 is 0. The van der Waals surface area contributed by atoms with Crippen LogP contribution in [0.5, 0.6) is 5.75 Å². The molecule has 0 aliphatic heterocycles. The molecule has 1 saturated carbocycles. The molecule has 1 nitrogen and oxygen atoms in total. The summed E-state index contributed by atoms with van der Waals surface area (Å²) in [4.78, 5) is 0. The van der Waals surface area contributed by atoms with E-state index in [1.165, 1.54) is 50.2 Å². The minimum Gasteiger partial charge on any atom is -0.486 e. The van der Waals surface area contributed by atoms with Gasteiger partial charge >= 0.3 is 0 Å². The number of hydrogen-bond donors (Lipinski definition) is 0. The number of allylic oxidation sites excluding steroid dienone is 1. The van der Waals surface area contributed by atoms with Crippen LogP contribution >= 0.6 is 0 Å².